The number of hydrogen-bond acceptors (Lipinski definition) is 5. The Balaban J connectivity index is 1.43. The summed E-state index contributed by atoms with van der Waals surface area (Å²) in [7, 11) is 0. The van der Waals surface area contributed by atoms with E-state index >= 15 is 0 Å². The highest BCUT2D eigenvalue weighted by atomic mass is 16.5. The molecule has 2 aliphatic heterocycles. The minimum absolute atomic E-state index is 0.0185. The molecule has 3 amide bonds. The van der Waals surface area contributed by atoms with Gasteiger partial charge in [0.05, 0.1) is 12.5 Å². The van der Waals surface area contributed by atoms with Crippen molar-refractivity contribution in [3.05, 3.63) is 24.3 Å². The van der Waals surface area contributed by atoms with Crippen molar-refractivity contribution >= 4 is 17.7 Å². The summed E-state index contributed by atoms with van der Waals surface area (Å²) in [5.74, 6) is 0.762. The van der Waals surface area contributed by atoms with Gasteiger partial charge in [0.25, 0.3) is 5.91 Å². The Morgan fingerprint density at radius 2 is 1.72 bits per heavy atom. The molecule has 0 radical (unpaired) electrons. The van der Waals surface area contributed by atoms with E-state index in [1.807, 2.05) is 45.9 Å². The van der Waals surface area contributed by atoms with Crippen molar-refractivity contribution in [3.63, 3.8) is 0 Å². The van der Waals surface area contributed by atoms with Crippen LogP contribution in [0.15, 0.2) is 24.3 Å². The van der Waals surface area contributed by atoms with Crippen molar-refractivity contribution in [1.29, 1.82) is 0 Å². The maximum absolute atomic E-state index is 12.7. The number of carbonyl (C=O) groups is 3. The van der Waals surface area contributed by atoms with Gasteiger partial charge in [0.1, 0.15) is 0 Å². The fraction of sp³-hybridized carbons (Fsp3) is 0.625. The third-order valence-electron chi connectivity index (χ3n) is 6.00. The van der Waals surface area contributed by atoms with Gasteiger partial charge in [-0.2, -0.15) is 0 Å². The lowest BCUT2D eigenvalue weighted by Crippen LogP contribution is -2.49. The second-order valence-corrected chi connectivity index (χ2v) is 9.41. The number of likely N-dealkylation sites (tertiary alicyclic amines) is 2. The van der Waals surface area contributed by atoms with Gasteiger partial charge in [-0.3, -0.25) is 14.4 Å². The number of piperidine rings is 1. The van der Waals surface area contributed by atoms with Crippen molar-refractivity contribution in [2.75, 3.05) is 32.8 Å². The molecule has 32 heavy (non-hydrogen) atoms. The first-order valence-corrected chi connectivity index (χ1v) is 11.4. The molecule has 1 aromatic carbocycles. The average molecular weight is 446 g/mol. The van der Waals surface area contributed by atoms with Gasteiger partial charge in [0, 0.05) is 37.6 Å². The first-order chi connectivity index (χ1) is 15.2. The molecule has 3 rings (SSSR count). The van der Waals surface area contributed by atoms with Gasteiger partial charge < -0.3 is 24.6 Å². The molecule has 2 fully saturated rings. The van der Waals surface area contributed by atoms with Crippen molar-refractivity contribution in [2.45, 2.75) is 58.5 Å². The van der Waals surface area contributed by atoms with Crippen LogP contribution in [0.4, 0.5) is 0 Å². The maximum atomic E-state index is 12.7. The minimum atomic E-state index is -0.305. The summed E-state index contributed by atoms with van der Waals surface area (Å²) in [5.41, 5.74) is -0.275. The van der Waals surface area contributed by atoms with E-state index in [4.69, 9.17) is 9.47 Å². The molecule has 1 aromatic rings. The number of nitrogens with one attached hydrogen (secondary N) is 1. The molecule has 0 aromatic heterocycles. The molecule has 8 nitrogen and oxygen atoms in total. The zero-order chi connectivity index (χ0) is 23.3. The number of rotatable bonds is 7. The first kappa shape index (κ1) is 23.9. The highest BCUT2D eigenvalue weighted by molar-refractivity contribution is 5.89. The fourth-order valence-electron chi connectivity index (χ4n) is 4.20. The highest BCUT2D eigenvalue weighted by Gasteiger charge is 2.40. The van der Waals surface area contributed by atoms with Gasteiger partial charge in [-0.15, -0.1) is 0 Å². The lowest BCUT2D eigenvalue weighted by Gasteiger charge is -2.33. The van der Waals surface area contributed by atoms with Crippen molar-refractivity contribution in [1.82, 2.24) is 15.1 Å². The molecular formula is C24H35N3O5. The molecule has 2 saturated heterocycles. The molecule has 0 saturated carbocycles. The van der Waals surface area contributed by atoms with Gasteiger partial charge in [-0.05, 0) is 52.7 Å². The number of carbonyl (C=O) groups excluding carboxylic acids is 3. The van der Waals surface area contributed by atoms with Gasteiger partial charge in [0.2, 0.25) is 11.8 Å². The van der Waals surface area contributed by atoms with Crippen LogP contribution in [0, 0.1) is 5.92 Å². The van der Waals surface area contributed by atoms with Crippen LogP contribution < -0.4 is 14.8 Å². The third-order valence-corrected chi connectivity index (χ3v) is 6.00. The smallest absolute Gasteiger partial charge is 0.260 e. The second kappa shape index (κ2) is 10.2. The summed E-state index contributed by atoms with van der Waals surface area (Å²) in [5, 5.41) is 3.09. The monoisotopic (exact) mass is 445 g/mol. The molecule has 1 N–H and O–H groups in total. The summed E-state index contributed by atoms with van der Waals surface area (Å²) in [4.78, 5) is 41.1. The van der Waals surface area contributed by atoms with E-state index in [-0.39, 0.29) is 48.2 Å². The molecule has 2 heterocycles. The lowest BCUT2D eigenvalue weighted by molar-refractivity contribution is -0.135. The van der Waals surface area contributed by atoms with Crippen LogP contribution in [0.1, 0.15) is 47.0 Å². The highest BCUT2D eigenvalue weighted by Crippen LogP contribution is 2.27. The van der Waals surface area contributed by atoms with Crippen LogP contribution >= 0.6 is 0 Å². The fourth-order valence-corrected chi connectivity index (χ4v) is 4.20. The van der Waals surface area contributed by atoms with E-state index in [1.54, 1.807) is 15.9 Å². The quantitative estimate of drug-likeness (QED) is 0.695. The molecule has 2 aliphatic rings. The van der Waals surface area contributed by atoms with Gasteiger partial charge in [-0.25, -0.2) is 0 Å². The predicted octanol–water partition coefficient (Wildman–Crippen LogP) is 2.22. The van der Waals surface area contributed by atoms with Gasteiger partial charge >= 0.3 is 0 Å². The van der Waals surface area contributed by atoms with E-state index in [0.29, 0.717) is 50.6 Å². The summed E-state index contributed by atoms with van der Waals surface area (Å²) < 4.78 is 11.2. The molecule has 0 spiro atoms. The van der Waals surface area contributed by atoms with E-state index < -0.39 is 0 Å². The minimum Gasteiger partial charge on any atom is -0.490 e. The Kier molecular flexibility index (Phi) is 7.64. The SMILES string of the molecule is CCOc1ccccc1OCC(=O)N1CCC(NC(=O)C2CC(=O)N(C(C)(C)C)C2)CC1. The Morgan fingerprint density at radius 1 is 1.09 bits per heavy atom. The summed E-state index contributed by atoms with van der Waals surface area (Å²) >= 11 is 0. The van der Waals surface area contributed by atoms with Crippen LogP contribution in [0.2, 0.25) is 0 Å². The van der Waals surface area contributed by atoms with Crippen LogP contribution in [0.5, 0.6) is 11.5 Å². The molecule has 0 bridgehead atoms. The van der Waals surface area contributed by atoms with E-state index in [1.165, 1.54) is 0 Å². The normalized spacial score (nSPS) is 19.8. The van der Waals surface area contributed by atoms with E-state index in [9.17, 15) is 14.4 Å². The van der Waals surface area contributed by atoms with Crippen LogP contribution in [0.3, 0.4) is 0 Å². The number of para-hydroxylation sites is 2. The van der Waals surface area contributed by atoms with Crippen molar-refractivity contribution < 1.29 is 23.9 Å². The summed E-state index contributed by atoms with van der Waals surface area (Å²) in [6.45, 7) is 9.92. The number of hydrogen-bond donors (Lipinski definition) is 1. The van der Waals surface area contributed by atoms with Crippen LogP contribution in [-0.2, 0) is 14.4 Å². The maximum Gasteiger partial charge on any atom is 0.260 e. The Hall–Kier alpha value is -2.77. The zero-order valence-electron chi connectivity index (χ0n) is 19.6. The Labute approximate surface area is 190 Å². The number of benzene rings is 1. The second-order valence-electron chi connectivity index (χ2n) is 9.41. The zero-order valence-corrected chi connectivity index (χ0v) is 19.6. The van der Waals surface area contributed by atoms with Crippen LogP contribution in [0.25, 0.3) is 0 Å². The molecule has 8 heteroatoms. The molecule has 176 valence electrons. The first-order valence-electron chi connectivity index (χ1n) is 11.4. The number of amides is 3. The topological polar surface area (TPSA) is 88.2 Å². The standard InChI is InChI=1S/C24H35N3O5/c1-5-31-19-8-6-7-9-20(19)32-16-22(29)26-12-10-18(11-13-26)25-23(30)17-14-21(28)27(15-17)24(2,3)4/h6-9,17-18H,5,10-16H2,1-4H3,(H,25,30). The van der Waals surface area contributed by atoms with Crippen LogP contribution in [-0.4, -0.2) is 72.0 Å². The largest absolute Gasteiger partial charge is 0.490 e. The number of nitrogens with zero attached hydrogens (tertiary/aromatic N) is 2. The molecular weight excluding hydrogens is 410 g/mol. The predicted molar refractivity (Wildman–Crippen MR) is 120 cm³/mol. The van der Waals surface area contributed by atoms with E-state index in [2.05, 4.69) is 5.32 Å². The average Bonchev–Trinajstić information content (AvgIpc) is 3.16. The molecule has 0 aliphatic carbocycles. The third kappa shape index (κ3) is 5.93. The lowest BCUT2D eigenvalue weighted by atomic mass is 10.0. The van der Waals surface area contributed by atoms with Gasteiger partial charge in [-0.1, -0.05) is 12.1 Å². The number of ether oxygens (including phenoxy) is 2. The molecule has 1 unspecified atom stereocenters. The summed E-state index contributed by atoms with van der Waals surface area (Å²) in [6, 6.07) is 7.32. The van der Waals surface area contributed by atoms with E-state index in [0.717, 1.165) is 0 Å². The van der Waals surface area contributed by atoms with Crippen molar-refractivity contribution in [3.8, 4) is 11.5 Å². The van der Waals surface area contributed by atoms with Crippen molar-refractivity contribution in [2.24, 2.45) is 5.92 Å². The Morgan fingerprint density at radius 3 is 2.28 bits per heavy atom. The molecule has 1 atom stereocenters. The van der Waals surface area contributed by atoms with Gasteiger partial charge in [0.15, 0.2) is 18.1 Å². The Bertz CT molecular complexity index is 827. The summed E-state index contributed by atoms with van der Waals surface area (Å²) in [6.07, 6.45) is 1.65.